The number of nitrogens with one attached hydrogen (secondary N) is 2. The van der Waals surface area contributed by atoms with Crippen molar-refractivity contribution in [2.24, 2.45) is 5.73 Å². The summed E-state index contributed by atoms with van der Waals surface area (Å²) < 4.78 is 0. The van der Waals surface area contributed by atoms with Crippen LogP contribution in [0.1, 0.15) is 32.1 Å². The Bertz CT molecular complexity index is 203. The molecule has 1 heterocycles. The second kappa shape index (κ2) is 7.60. The first-order valence-electron chi connectivity index (χ1n) is 6.11. The van der Waals surface area contributed by atoms with Gasteiger partial charge in [-0.3, -0.25) is 4.79 Å². The summed E-state index contributed by atoms with van der Waals surface area (Å²) in [6.45, 7) is 2.58. The molecular weight excluding hydrogens is 206 g/mol. The molecule has 1 saturated heterocycles. The minimum atomic E-state index is -0.716. The van der Waals surface area contributed by atoms with Crippen LogP contribution in [0.5, 0.6) is 0 Å². The Morgan fingerprint density at radius 3 is 2.31 bits per heavy atom. The van der Waals surface area contributed by atoms with Crippen molar-refractivity contribution in [3.63, 3.8) is 0 Å². The molecule has 0 amide bonds. The fraction of sp³-hybridized carbons (Fsp3) is 0.909. The van der Waals surface area contributed by atoms with E-state index in [1.807, 2.05) is 0 Å². The largest absolute Gasteiger partial charge is 0.481 e. The Morgan fingerprint density at radius 2 is 1.81 bits per heavy atom. The summed E-state index contributed by atoms with van der Waals surface area (Å²) in [6, 6.07) is 0.828. The van der Waals surface area contributed by atoms with Gasteiger partial charge < -0.3 is 21.5 Å². The van der Waals surface area contributed by atoms with Crippen molar-refractivity contribution >= 4 is 5.97 Å². The van der Waals surface area contributed by atoms with Gasteiger partial charge in [0.05, 0.1) is 0 Å². The molecule has 1 rings (SSSR count). The van der Waals surface area contributed by atoms with Crippen LogP contribution < -0.4 is 16.4 Å². The van der Waals surface area contributed by atoms with Gasteiger partial charge in [-0.05, 0) is 25.8 Å². The van der Waals surface area contributed by atoms with Crippen LogP contribution in [0.25, 0.3) is 0 Å². The average molecular weight is 229 g/mol. The van der Waals surface area contributed by atoms with Gasteiger partial charge in [-0.25, -0.2) is 0 Å². The van der Waals surface area contributed by atoms with Gasteiger partial charge in [-0.1, -0.05) is 6.42 Å². The fourth-order valence-corrected chi connectivity index (χ4v) is 2.00. The lowest BCUT2D eigenvalue weighted by atomic mass is 10.0. The number of aliphatic carboxylic acids is 1. The predicted molar refractivity (Wildman–Crippen MR) is 63.4 cm³/mol. The van der Waals surface area contributed by atoms with Crippen molar-refractivity contribution in [2.45, 2.75) is 44.2 Å². The Balaban J connectivity index is 2.06. The standard InChI is InChI=1S/C11H23N3O2/c12-6-2-1-3-9-7-14-10(8-13-9)4-5-11(15)16/h9-10,13-14H,1-8,12H2,(H,15,16)/t9-,10-/m0/s1. The molecule has 16 heavy (non-hydrogen) atoms. The minimum absolute atomic E-state index is 0.247. The predicted octanol–water partition coefficient (Wildman–Crippen LogP) is -0.0898. The third-order valence-electron chi connectivity index (χ3n) is 3.02. The van der Waals surface area contributed by atoms with E-state index in [0.29, 0.717) is 18.5 Å². The first-order valence-corrected chi connectivity index (χ1v) is 6.11. The molecule has 1 aliphatic heterocycles. The number of hydrogen-bond acceptors (Lipinski definition) is 4. The molecule has 0 unspecified atom stereocenters. The van der Waals surface area contributed by atoms with E-state index in [4.69, 9.17) is 10.8 Å². The van der Waals surface area contributed by atoms with Crippen LogP contribution in [0.15, 0.2) is 0 Å². The van der Waals surface area contributed by atoms with Gasteiger partial charge >= 0.3 is 5.97 Å². The Labute approximate surface area is 96.8 Å². The normalized spacial score (nSPS) is 25.6. The molecule has 0 aromatic carbocycles. The highest BCUT2D eigenvalue weighted by Gasteiger charge is 2.19. The van der Waals surface area contributed by atoms with Gasteiger partial charge in [-0.15, -0.1) is 0 Å². The van der Waals surface area contributed by atoms with Crippen LogP contribution in [0.2, 0.25) is 0 Å². The zero-order valence-corrected chi connectivity index (χ0v) is 9.74. The number of rotatable bonds is 7. The van der Waals surface area contributed by atoms with Crippen LogP contribution in [0.3, 0.4) is 0 Å². The second-order valence-corrected chi connectivity index (χ2v) is 4.43. The van der Waals surface area contributed by atoms with E-state index in [1.165, 1.54) is 0 Å². The summed E-state index contributed by atoms with van der Waals surface area (Å²) in [5.74, 6) is -0.716. The van der Waals surface area contributed by atoms with Crippen LogP contribution in [0.4, 0.5) is 0 Å². The van der Waals surface area contributed by atoms with Gasteiger partial charge in [0, 0.05) is 31.6 Å². The van der Waals surface area contributed by atoms with Crippen molar-refractivity contribution in [3.05, 3.63) is 0 Å². The van der Waals surface area contributed by atoms with Gasteiger partial charge in [0.2, 0.25) is 0 Å². The summed E-state index contributed by atoms with van der Waals surface area (Å²) in [4.78, 5) is 10.4. The maximum Gasteiger partial charge on any atom is 0.303 e. The zero-order valence-electron chi connectivity index (χ0n) is 9.74. The maximum atomic E-state index is 10.4. The SMILES string of the molecule is NCCCC[C@H]1CN[C@@H](CCC(=O)O)CN1. The third kappa shape index (κ3) is 5.44. The number of unbranched alkanes of at least 4 members (excludes halogenated alkanes) is 1. The molecule has 1 fully saturated rings. The first kappa shape index (κ1) is 13.4. The molecule has 0 aromatic rings. The first-order chi connectivity index (χ1) is 7.72. The van der Waals surface area contributed by atoms with Crippen molar-refractivity contribution in [3.8, 4) is 0 Å². The Morgan fingerprint density at radius 1 is 1.19 bits per heavy atom. The highest BCUT2D eigenvalue weighted by molar-refractivity contribution is 5.66. The maximum absolute atomic E-state index is 10.4. The highest BCUT2D eigenvalue weighted by atomic mass is 16.4. The number of nitrogens with two attached hydrogens (primary N) is 1. The van der Waals surface area contributed by atoms with E-state index in [-0.39, 0.29) is 6.42 Å². The molecule has 2 atom stereocenters. The van der Waals surface area contributed by atoms with Gasteiger partial charge in [0.1, 0.15) is 0 Å². The van der Waals surface area contributed by atoms with Crippen LogP contribution in [-0.2, 0) is 4.79 Å². The lowest BCUT2D eigenvalue weighted by Crippen LogP contribution is -2.54. The zero-order chi connectivity index (χ0) is 11.8. The molecule has 0 radical (unpaired) electrons. The molecule has 0 aromatic heterocycles. The van der Waals surface area contributed by atoms with Gasteiger partial charge in [0.15, 0.2) is 0 Å². The highest BCUT2D eigenvalue weighted by Crippen LogP contribution is 2.06. The molecule has 0 bridgehead atoms. The lowest BCUT2D eigenvalue weighted by molar-refractivity contribution is -0.137. The number of carboxylic acids is 1. The molecule has 5 N–H and O–H groups in total. The fourth-order valence-electron chi connectivity index (χ4n) is 2.00. The quantitative estimate of drug-likeness (QED) is 0.458. The third-order valence-corrected chi connectivity index (χ3v) is 3.02. The van der Waals surface area contributed by atoms with Crippen LogP contribution in [0, 0.1) is 0 Å². The Kier molecular flexibility index (Phi) is 6.37. The smallest absolute Gasteiger partial charge is 0.303 e. The molecule has 94 valence electrons. The number of hydrogen-bond donors (Lipinski definition) is 4. The minimum Gasteiger partial charge on any atom is -0.481 e. The molecule has 5 nitrogen and oxygen atoms in total. The van der Waals surface area contributed by atoms with E-state index < -0.39 is 5.97 Å². The van der Waals surface area contributed by atoms with Crippen molar-refractivity contribution in [2.75, 3.05) is 19.6 Å². The molecule has 0 aliphatic carbocycles. The van der Waals surface area contributed by atoms with E-state index >= 15 is 0 Å². The van der Waals surface area contributed by atoms with E-state index in [2.05, 4.69) is 10.6 Å². The number of carboxylic acid groups (broad SMARTS) is 1. The average Bonchev–Trinajstić information content (AvgIpc) is 2.28. The number of piperazine rings is 1. The summed E-state index contributed by atoms with van der Waals surface area (Å²) in [5.41, 5.74) is 5.44. The summed E-state index contributed by atoms with van der Waals surface area (Å²) in [6.07, 6.45) is 4.35. The van der Waals surface area contributed by atoms with E-state index in [1.54, 1.807) is 0 Å². The molecule has 5 heteroatoms. The topological polar surface area (TPSA) is 87.4 Å². The monoisotopic (exact) mass is 229 g/mol. The molecule has 0 spiro atoms. The van der Waals surface area contributed by atoms with Crippen molar-refractivity contribution in [1.29, 1.82) is 0 Å². The van der Waals surface area contributed by atoms with Gasteiger partial charge in [0.25, 0.3) is 0 Å². The van der Waals surface area contributed by atoms with Gasteiger partial charge in [-0.2, -0.15) is 0 Å². The Hall–Kier alpha value is -0.650. The summed E-state index contributed by atoms with van der Waals surface area (Å²) in [7, 11) is 0. The second-order valence-electron chi connectivity index (χ2n) is 4.43. The van der Waals surface area contributed by atoms with E-state index in [9.17, 15) is 4.79 Å². The molecular formula is C11H23N3O2. The number of carbonyl (C=O) groups is 1. The lowest BCUT2D eigenvalue weighted by Gasteiger charge is -2.31. The van der Waals surface area contributed by atoms with Crippen molar-refractivity contribution in [1.82, 2.24) is 10.6 Å². The van der Waals surface area contributed by atoms with Crippen molar-refractivity contribution < 1.29 is 9.90 Å². The molecule has 1 aliphatic rings. The van der Waals surface area contributed by atoms with Crippen LogP contribution in [-0.4, -0.2) is 42.8 Å². The molecule has 0 saturated carbocycles. The summed E-state index contributed by atoms with van der Waals surface area (Å²) in [5, 5.41) is 15.4. The van der Waals surface area contributed by atoms with E-state index in [0.717, 1.165) is 38.9 Å². The van der Waals surface area contributed by atoms with Crippen LogP contribution >= 0.6 is 0 Å². The summed E-state index contributed by atoms with van der Waals surface area (Å²) >= 11 is 0.